The minimum absolute atomic E-state index is 0.0163. The number of amides is 1. The molecule has 1 amide bonds. The molecular weight excluding hydrogens is 365 g/mol. The molecule has 0 saturated heterocycles. The lowest BCUT2D eigenvalue weighted by molar-refractivity contribution is 0.0642. The molecule has 29 heavy (non-hydrogen) atoms. The van der Waals surface area contributed by atoms with Crippen LogP contribution < -0.4 is 4.90 Å². The third-order valence-corrected chi connectivity index (χ3v) is 5.99. The zero-order valence-corrected chi connectivity index (χ0v) is 15.6. The van der Waals surface area contributed by atoms with Crippen molar-refractivity contribution in [3.63, 3.8) is 0 Å². The molecule has 3 heterocycles. The van der Waals surface area contributed by atoms with Crippen LogP contribution in [0.4, 0.5) is 15.8 Å². The van der Waals surface area contributed by atoms with E-state index in [0.29, 0.717) is 12.1 Å². The SMILES string of the molecule is O=C1c2ccccc2N(c2cccc(F)c2)C2c3[nH]c4ccccc4c3CCN12. The topological polar surface area (TPSA) is 39.3 Å². The molecule has 6 rings (SSSR count). The average molecular weight is 383 g/mol. The van der Waals surface area contributed by atoms with Gasteiger partial charge in [-0.3, -0.25) is 4.79 Å². The van der Waals surface area contributed by atoms with E-state index in [9.17, 15) is 9.18 Å². The molecule has 1 N–H and O–H groups in total. The molecule has 4 aromatic rings. The number of fused-ring (bicyclic) bond motifs is 6. The van der Waals surface area contributed by atoms with E-state index in [0.717, 1.165) is 29.0 Å². The normalized spacial score (nSPS) is 17.8. The Bertz CT molecular complexity index is 1280. The minimum Gasteiger partial charge on any atom is -0.355 e. The number of hydrogen-bond donors (Lipinski definition) is 1. The largest absolute Gasteiger partial charge is 0.355 e. The lowest BCUT2D eigenvalue weighted by Gasteiger charge is -2.47. The molecule has 0 fully saturated rings. The maximum absolute atomic E-state index is 14.1. The van der Waals surface area contributed by atoms with Crippen LogP contribution in [0.3, 0.4) is 0 Å². The van der Waals surface area contributed by atoms with Crippen LogP contribution in [0.5, 0.6) is 0 Å². The highest BCUT2D eigenvalue weighted by Crippen LogP contribution is 2.47. The highest BCUT2D eigenvalue weighted by Gasteiger charge is 2.43. The molecule has 1 unspecified atom stereocenters. The van der Waals surface area contributed by atoms with Crippen LogP contribution in [0, 0.1) is 5.82 Å². The van der Waals surface area contributed by atoms with E-state index >= 15 is 0 Å². The summed E-state index contributed by atoms with van der Waals surface area (Å²) in [7, 11) is 0. The third-order valence-electron chi connectivity index (χ3n) is 5.99. The van der Waals surface area contributed by atoms with E-state index in [4.69, 9.17) is 0 Å². The number of anilines is 2. The van der Waals surface area contributed by atoms with Gasteiger partial charge in [-0.2, -0.15) is 0 Å². The molecule has 1 atom stereocenters. The van der Waals surface area contributed by atoms with Crippen molar-refractivity contribution in [2.45, 2.75) is 12.6 Å². The van der Waals surface area contributed by atoms with E-state index in [1.807, 2.05) is 47.4 Å². The highest BCUT2D eigenvalue weighted by molar-refractivity contribution is 6.04. The van der Waals surface area contributed by atoms with Crippen LogP contribution >= 0.6 is 0 Å². The second kappa shape index (κ2) is 5.95. The van der Waals surface area contributed by atoms with Crippen LogP contribution in [-0.2, 0) is 6.42 Å². The molecule has 5 heteroatoms. The van der Waals surface area contributed by atoms with Crippen molar-refractivity contribution in [2.75, 3.05) is 11.4 Å². The quantitative estimate of drug-likeness (QED) is 0.493. The fourth-order valence-corrected chi connectivity index (χ4v) is 4.76. The number of hydrogen-bond acceptors (Lipinski definition) is 2. The number of rotatable bonds is 1. The standard InChI is InChI=1S/C24H18FN3O/c25-15-6-5-7-16(14-15)28-21-11-4-2-9-19(21)24(29)27-13-12-18-17-8-1-3-10-20(17)26-22(18)23(27)28/h1-11,14,23,26H,12-13H2. The molecule has 2 aliphatic rings. The van der Waals surface area contributed by atoms with Gasteiger partial charge in [0.05, 0.1) is 16.9 Å². The monoisotopic (exact) mass is 383 g/mol. The van der Waals surface area contributed by atoms with Crippen molar-refractivity contribution in [1.82, 2.24) is 9.88 Å². The number of aromatic nitrogens is 1. The number of para-hydroxylation sites is 2. The number of nitrogens with one attached hydrogen (secondary N) is 1. The number of halogens is 1. The van der Waals surface area contributed by atoms with Gasteiger partial charge in [0, 0.05) is 23.1 Å². The van der Waals surface area contributed by atoms with Crippen molar-refractivity contribution >= 4 is 28.2 Å². The first-order valence-electron chi connectivity index (χ1n) is 9.76. The smallest absolute Gasteiger partial charge is 0.257 e. The molecule has 0 radical (unpaired) electrons. The molecule has 0 bridgehead atoms. The Morgan fingerprint density at radius 1 is 0.966 bits per heavy atom. The Hall–Kier alpha value is -3.60. The number of carbonyl (C=O) groups excluding carboxylic acids is 1. The van der Waals surface area contributed by atoms with Gasteiger partial charge < -0.3 is 14.8 Å². The number of H-pyrrole nitrogens is 1. The third kappa shape index (κ3) is 2.27. The van der Waals surface area contributed by atoms with Gasteiger partial charge in [0.25, 0.3) is 5.91 Å². The molecule has 142 valence electrons. The molecule has 0 aliphatic carbocycles. The Morgan fingerprint density at radius 3 is 2.69 bits per heavy atom. The summed E-state index contributed by atoms with van der Waals surface area (Å²) in [6.45, 7) is 0.624. The number of nitrogens with zero attached hydrogens (tertiary/aromatic N) is 2. The van der Waals surface area contributed by atoms with E-state index in [-0.39, 0.29) is 17.9 Å². The van der Waals surface area contributed by atoms with Crippen LogP contribution in [-0.4, -0.2) is 22.3 Å². The zero-order chi connectivity index (χ0) is 19.5. The van der Waals surface area contributed by atoms with Crippen LogP contribution in [0.25, 0.3) is 10.9 Å². The van der Waals surface area contributed by atoms with Gasteiger partial charge >= 0.3 is 0 Å². The lowest BCUT2D eigenvalue weighted by Crippen LogP contribution is -2.50. The summed E-state index contributed by atoms with van der Waals surface area (Å²) in [5.41, 5.74) is 5.47. The molecule has 2 aliphatic heterocycles. The first-order valence-corrected chi connectivity index (χ1v) is 9.76. The Morgan fingerprint density at radius 2 is 1.79 bits per heavy atom. The predicted molar refractivity (Wildman–Crippen MR) is 111 cm³/mol. The Balaban J connectivity index is 1.65. The van der Waals surface area contributed by atoms with Crippen LogP contribution in [0.1, 0.15) is 27.8 Å². The maximum Gasteiger partial charge on any atom is 0.257 e. The van der Waals surface area contributed by atoms with Gasteiger partial charge in [-0.05, 0) is 48.4 Å². The molecule has 1 aromatic heterocycles. The van der Waals surface area contributed by atoms with E-state index < -0.39 is 0 Å². The van der Waals surface area contributed by atoms with E-state index in [1.54, 1.807) is 6.07 Å². The Labute approximate surface area is 167 Å². The molecule has 0 saturated carbocycles. The van der Waals surface area contributed by atoms with Crippen molar-refractivity contribution < 1.29 is 9.18 Å². The zero-order valence-electron chi connectivity index (χ0n) is 15.6. The van der Waals surface area contributed by atoms with Gasteiger partial charge in [0.15, 0.2) is 6.17 Å². The summed E-state index contributed by atoms with van der Waals surface area (Å²) < 4.78 is 14.1. The predicted octanol–water partition coefficient (Wildman–Crippen LogP) is 5.16. The van der Waals surface area contributed by atoms with Gasteiger partial charge in [-0.1, -0.05) is 36.4 Å². The maximum atomic E-state index is 14.1. The first-order chi connectivity index (χ1) is 14.2. The Kier molecular flexibility index (Phi) is 3.36. The van der Waals surface area contributed by atoms with Gasteiger partial charge in [-0.15, -0.1) is 0 Å². The summed E-state index contributed by atoms with van der Waals surface area (Å²) >= 11 is 0. The minimum atomic E-state index is -0.338. The van der Waals surface area contributed by atoms with Gasteiger partial charge in [0.2, 0.25) is 0 Å². The van der Waals surface area contributed by atoms with Crippen molar-refractivity contribution in [1.29, 1.82) is 0 Å². The van der Waals surface area contributed by atoms with Crippen molar-refractivity contribution in [3.8, 4) is 0 Å². The second-order valence-electron chi connectivity index (χ2n) is 7.55. The summed E-state index contributed by atoms with van der Waals surface area (Å²) in [6.07, 6.45) is 0.455. The first kappa shape index (κ1) is 16.4. The van der Waals surface area contributed by atoms with Gasteiger partial charge in [-0.25, -0.2) is 4.39 Å². The molecule has 0 spiro atoms. The fourth-order valence-electron chi connectivity index (χ4n) is 4.76. The fraction of sp³-hybridized carbons (Fsp3) is 0.125. The van der Waals surface area contributed by atoms with Crippen molar-refractivity contribution in [3.05, 3.63) is 95.4 Å². The molecular formula is C24H18FN3O. The van der Waals surface area contributed by atoms with E-state index in [2.05, 4.69) is 22.0 Å². The van der Waals surface area contributed by atoms with Crippen LogP contribution in [0.2, 0.25) is 0 Å². The second-order valence-corrected chi connectivity index (χ2v) is 7.55. The molecule has 4 nitrogen and oxygen atoms in total. The lowest BCUT2D eigenvalue weighted by atomic mass is 9.95. The van der Waals surface area contributed by atoms with E-state index in [1.165, 1.54) is 23.1 Å². The highest BCUT2D eigenvalue weighted by atomic mass is 19.1. The summed E-state index contributed by atoms with van der Waals surface area (Å²) in [4.78, 5) is 20.9. The molecule has 3 aromatic carbocycles. The average Bonchev–Trinajstić information content (AvgIpc) is 3.13. The number of carbonyl (C=O) groups is 1. The van der Waals surface area contributed by atoms with Crippen LogP contribution in [0.15, 0.2) is 72.8 Å². The summed E-state index contributed by atoms with van der Waals surface area (Å²) in [5, 5.41) is 1.19. The number of aromatic amines is 1. The van der Waals surface area contributed by atoms with Crippen molar-refractivity contribution in [2.24, 2.45) is 0 Å². The van der Waals surface area contributed by atoms with Gasteiger partial charge in [0.1, 0.15) is 5.82 Å². The number of benzene rings is 3. The summed E-state index contributed by atoms with van der Waals surface area (Å²) in [6, 6.07) is 22.4. The summed E-state index contributed by atoms with van der Waals surface area (Å²) in [5.74, 6) is -0.279.